The molecule has 2 aromatic heterocycles. The second kappa shape index (κ2) is 5.76. The lowest BCUT2D eigenvalue weighted by Gasteiger charge is -2.22. The van der Waals surface area contributed by atoms with E-state index < -0.39 is 0 Å². The number of nitrogens with zero attached hydrogens (tertiary/aromatic N) is 3. The Kier molecular flexibility index (Phi) is 3.84. The van der Waals surface area contributed by atoms with Crippen LogP contribution < -0.4 is 5.32 Å². The molecule has 20 heavy (non-hydrogen) atoms. The van der Waals surface area contributed by atoms with Gasteiger partial charge < -0.3 is 14.3 Å². The molecule has 108 valence electrons. The quantitative estimate of drug-likeness (QED) is 0.833. The topological polar surface area (TPSA) is 67.3 Å². The number of rotatable bonds is 7. The highest BCUT2D eigenvalue weighted by molar-refractivity contribution is 5.05. The van der Waals surface area contributed by atoms with Crippen molar-refractivity contribution in [3.05, 3.63) is 35.9 Å². The predicted octanol–water partition coefficient (Wildman–Crippen LogP) is 1.93. The van der Waals surface area contributed by atoms with Crippen molar-refractivity contribution in [2.75, 3.05) is 20.6 Å². The third-order valence-electron chi connectivity index (χ3n) is 3.54. The number of likely N-dealkylation sites (N-methyl/N-ethyl adjacent to an activating group) is 1. The summed E-state index contributed by atoms with van der Waals surface area (Å²) in [7, 11) is 4.07. The Morgan fingerprint density at radius 1 is 1.45 bits per heavy atom. The molecule has 1 atom stereocenters. The molecule has 1 aliphatic rings. The Morgan fingerprint density at radius 3 is 2.95 bits per heavy atom. The van der Waals surface area contributed by atoms with E-state index in [2.05, 4.69) is 20.4 Å². The zero-order chi connectivity index (χ0) is 13.9. The molecule has 0 aliphatic heterocycles. The van der Waals surface area contributed by atoms with E-state index in [4.69, 9.17) is 8.94 Å². The van der Waals surface area contributed by atoms with E-state index in [0.717, 1.165) is 18.1 Å². The van der Waals surface area contributed by atoms with Crippen molar-refractivity contribution in [2.45, 2.75) is 31.3 Å². The molecule has 0 unspecified atom stereocenters. The minimum absolute atomic E-state index is 0.191. The molecule has 0 amide bonds. The van der Waals surface area contributed by atoms with Crippen LogP contribution in [0.5, 0.6) is 0 Å². The van der Waals surface area contributed by atoms with Gasteiger partial charge in [-0.05, 0) is 39.1 Å². The second-order valence-electron chi connectivity index (χ2n) is 5.45. The van der Waals surface area contributed by atoms with Crippen molar-refractivity contribution in [1.29, 1.82) is 0 Å². The maximum atomic E-state index is 5.47. The summed E-state index contributed by atoms with van der Waals surface area (Å²) >= 11 is 0. The fourth-order valence-electron chi connectivity index (χ4n) is 2.18. The Balaban J connectivity index is 1.52. The summed E-state index contributed by atoms with van der Waals surface area (Å²) in [5, 5.41) is 7.35. The van der Waals surface area contributed by atoms with E-state index in [1.54, 1.807) is 6.26 Å². The van der Waals surface area contributed by atoms with Crippen LogP contribution in [0, 0.1) is 0 Å². The van der Waals surface area contributed by atoms with Gasteiger partial charge in [-0.1, -0.05) is 5.16 Å². The number of hydrogen-bond acceptors (Lipinski definition) is 6. The average Bonchev–Trinajstić information content (AvgIpc) is 2.95. The minimum Gasteiger partial charge on any atom is -0.468 e. The highest BCUT2D eigenvalue weighted by atomic mass is 16.5. The van der Waals surface area contributed by atoms with Crippen LogP contribution in [0.15, 0.2) is 27.3 Å². The summed E-state index contributed by atoms with van der Waals surface area (Å²) in [6, 6.07) is 4.09. The molecule has 6 heteroatoms. The number of aromatic nitrogens is 2. The molecule has 0 bridgehead atoms. The second-order valence-corrected chi connectivity index (χ2v) is 5.45. The van der Waals surface area contributed by atoms with Crippen LogP contribution in [-0.4, -0.2) is 35.7 Å². The maximum Gasteiger partial charge on any atom is 0.240 e. The van der Waals surface area contributed by atoms with Gasteiger partial charge in [0.2, 0.25) is 5.89 Å². The van der Waals surface area contributed by atoms with Gasteiger partial charge in [0, 0.05) is 12.5 Å². The molecule has 2 aromatic rings. The van der Waals surface area contributed by atoms with E-state index in [9.17, 15) is 0 Å². The molecular weight excluding hydrogens is 256 g/mol. The van der Waals surface area contributed by atoms with E-state index in [0.29, 0.717) is 18.4 Å². The predicted molar refractivity (Wildman–Crippen MR) is 73.1 cm³/mol. The summed E-state index contributed by atoms with van der Waals surface area (Å²) in [6.45, 7) is 1.35. The summed E-state index contributed by atoms with van der Waals surface area (Å²) < 4.78 is 10.7. The minimum atomic E-state index is 0.191. The molecule has 6 nitrogen and oxygen atoms in total. The van der Waals surface area contributed by atoms with E-state index in [-0.39, 0.29) is 6.04 Å². The van der Waals surface area contributed by atoms with Gasteiger partial charge in [-0.15, -0.1) is 0 Å². The Bertz CT molecular complexity index is 531. The van der Waals surface area contributed by atoms with Crippen molar-refractivity contribution >= 4 is 0 Å². The van der Waals surface area contributed by atoms with Gasteiger partial charge in [0.15, 0.2) is 5.82 Å². The smallest absolute Gasteiger partial charge is 0.240 e. The maximum absolute atomic E-state index is 5.47. The van der Waals surface area contributed by atoms with Crippen LogP contribution in [0.25, 0.3) is 0 Å². The van der Waals surface area contributed by atoms with Gasteiger partial charge in [0.1, 0.15) is 5.76 Å². The zero-order valence-corrected chi connectivity index (χ0v) is 11.9. The summed E-state index contributed by atoms with van der Waals surface area (Å²) in [5.41, 5.74) is 0. The van der Waals surface area contributed by atoms with Crippen LogP contribution in [0.2, 0.25) is 0 Å². The van der Waals surface area contributed by atoms with Gasteiger partial charge in [-0.2, -0.15) is 4.98 Å². The first-order valence-corrected chi connectivity index (χ1v) is 6.97. The van der Waals surface area contributed by atoms with Crippen LogP contribution in [-0.2, 0) is 6.54 Å². The standard InChI is InChI=1S/C14H20N4O2/c1-18(2)11(12-4-3-7-19-12)8-15-9-13-16-14(17-20-13)10-5-6-10/h3-4,7,10-11,15H,5-6,8-9H2,1-2H3/t11-/m1/s1. The lowest BCUT2D eigenvalue weighted by molar-refractivity contribution is 0.246. The molecule has 3 rings (SSSR count). The SMILES string of the molecule is CN(C)[C@H](CNCc1nc(C2CC2)no1)c1ccco1. The normalized spacial score (nSPS) is 16.8. The monoisotopic (exact) mass is 276 g/mol. The molecule has 1 N–H and O–H groups in total. The average molecular weight is 276 g/mol. The van der Waals surface area contributed by atoms with Crippen LogP contribution in [0.1, 0.15) is 42.3 Å². The molecular formula is C14H20N4O2. The van der Waals surface area contributed by atoms with Crippen molar-refractivity contribution in [3.8, 4) is 0 Å². The number of furan rings is 1. The Morgan fingerprint density at radius 2 is 2.30 bits per heavy atom. The molecule has 1 aliphatic carbocycles. The van der Waals surface area contributed by atoms with E-state index in [1.807, 2.05) is 26.2 Å². The van der Waals surface area contributed by atoms with Crippen molar-refractivity contribution in [2.24, 2.45) is 0 Å². The summed E-state index contributed by atoms with van der Waals surface area (Å²) in [5.74, 6) is 3.00. The number of nitrogens with one attached hydrogen (secondary N) is 1. The molecule has 0 saturated heterocycles. The summed E-state index contributed by atoms with van der Waals surface area (Å²) in [6.07, 6.45) is 4.08. The zero-order valence-electron chi connectivity index (χ0n) is 11.9. The molecule has 1 saturated carbocycles. The van der Waals surface area contributed by atoms with Crippen molar-refractivity contribution in [3.63, 3.8) is 0 Å². The highest BCUT2D eigenvalue weighted by Crippen LogP contribution is 2.38. The fraction of sp³-hybridized carbons (Fsp3) is 0.571. The third-order valence-corrected chi connectivity index (χ3v) is 3.54. The first-order valence-electron chi connectivity index (χ1n) is 6.97. The van der Waals surface area contributed by atoms with Gasteiger partial charge >= 0.3 is 0 Å². The molecule has 1 fully saturated rings. The van der Waals surface area contributed by atoms with Crippen LogP contribution >= 0.6 is 0 Å². The van der Waals surface area contributed by atoms with Gasteiger partial charge in [0.05, 0.1) is 18.8 Å². The number of hydrogen-bond donors (Lipinski definition) is 1. The molecule has 2 heterocycles. The van der Waals surface area contributed by atoms with Gasteiger partial charge in [0.25, 0.3) is 0 Å². The Labute approximate surface area is 118 Å². The van der Waals surface area contributed by atoms with Crippen molar-refractivity contribution < 1.29 is 8.94 Å². The van der Waals surface area contributed by atoms with E-state index >= 15 is 0 Å². The highest BCUT2D eigenvalue weighted by Gasteiger charge is 2.28. The third kappa shape index (κ3) is 3.08. The first-order chi connectivity index (χ1) is 9.74. The largest absolute Gasteiger partial charge is 0.468 e. The lowest BCUT2D eigenvalue weighted by atomic mass is 10.2. The van der Waals surface area contributed by atoms with Crippen LogP contribution in [0.3, 0.4) is 0 Å². The van der Waals surface area contributed by atoms with Crippen LogP contribution in [0.4, 0.5) is 0 Å². The summed E-state index contributed by atoms with van der Waals surface area (Å²) in [4.78, 5) is 6.52. The molecule has 0 radical (unpaired) electrons. The Hall–Kier alpha value is -1.66. The molecule has 0 aromatic carbocycles. The van der Waals surface area contributed by atoms with Gasteiger partial charge in [-0.3, -0.25) is 4.90 Å². The van der Waals surface area contributed by atoms with E-state index in [1.165, 1.54) is 12.8 Å². The molecule has 0 spiro atoms. The van der Waals surface area contributed by atoms with Crippen molar-refractivity contribution in [1.82, 2.24) is 20.4 Å². The first kappa shape index (κ1) is 13.3. The lowest BCUT2D eigenvalue weighted by Crippen LogP contribution is -2.30. The van der Waals surface area contributed by atoms with Gasteiger partial charge in [-0.25, -0.2) is 0 Å². The fourth-order valence-corrected chi connectivity index (χ4v) is 2.18.